The van der Waals surface area contributed by atoms with Crippen molar-refractivity contribution in [3.05, 3.63) is 0 Å². The standard InChI is InChI=1S/C17H29NO7S2/c1-10(2)12(19)23-9-24-15(22)27-8-11(13(20)25-16(3,4)5)18-14(21)17(6,7)26/h10-11,26H,8-9H2,1-7H3,(H,18,21)/t11-/m0/s1. The minimum Gasteiger partial charge on any atom is -0.458 e. The van der Waals surface area contributed by atoms with E-state index in [1.807, 2.05) is 0 Å². The molecular weight excluding hydrogens is 394 g/mol. The predicted molar refractivity (Wildman–Crippen MR) is 106 cm³/mol. The second-order valence-electron chi connectivity index (χ2n) is 7.56. The Morgan fingerprint density at radius 2 is 1.56 bits per heavy atom. The van der Waals surface area contributed by atoms with Crippen LogP contribution in [0.1, 0.15) is 48.5 Å². The molecule has 0 rings (SSSR count). The second-order valence-corrected chi connectivity index (χ2v) is 9.63. The molecule has 1 N–H and O–H groups in total. The fourth-order valence-electron chi connectivity index (χ4n) is 1.37. The molecule has 0 aromatic carbocycles. The first-order chi connectivity index (χ1) is 12.1. The highest BCUT2D eigenvalue weighted by Crippen LogP contribution is 2.16. The Bertz CT molecular complexity index is 550. The van der Waals surface area contributed by atoms with Gasteiger partial charge in [-0.3, -0.25) is 9.59 Å². The Morgan fingerprint density at radius 1 is 1.00 bits per heavy atom. The van der Waals surface area contributed by atoms with Crippen LogP contribution in [0.15, 0.2) is 0 Å². The first-order valence-corrected chi connectivity index (χ1v) is 9.79. The molecule has 0 fully saturated rings. The molecule has 0 spiro atoms. The third-order valence-electron chi connectivity index (χ3n) is 2.77. The van der Waals surface area contributed by atoms with Crippen molar-refractivity contribution < 1.29 is 33.4 Å². The van der Waals surface area contributed by atoms with E-state index < -0.39 is 46.3 Å². The molecule has 0 saturated heterocycles. The third-order valence-corrected chi connectivity index (χ3v) is 3.83. The molecule has 156 valence electrons. The zero-order valence-corrected chi connectivity index (χ0v) is 18.5. The maximum Gasteiger partial charge on any atom is 0.370 e. The second kappa shape index (κ2) is 10.8. The van der Waals surface area contributed by atoms with Crippen molar-refractivity contribution in [1.29, 1.82) is 0 Å². The van der Waals surface area contributed by atoms with Crippen LogP contribution in [-0.4, -0.2) is 52.1 Å². The Balaban J connectivity index is 4.75. The largest absolute Gasteiger partial charge is 0.458 e. The fourth-order valence-corrected chi connectivity index (χ4v) is 2.09. The highest BCUT2D eigenvalue weighted by atomic mass is 32.2. The van der Waals surface area contributed by atoms with Gasteiger partial charge < -0.3 is 19.5 Å². The lowest BCUT2D eigenvalue weighted by Gasteiger charge is -2.26. The van der Waals surface area contributed by atoms with E-state index in [1.165, 1.54) is 0 Å². The molecule has 10 heteroatoms. The summed E-state index contributed by atoms with van der Waals surface area (Å²) in [5, 5.41) is 1.77. The van der Waals surface area contributed by atoms with Crippen molar-refractivity contribution >= 4 is 47.5 Å². The van der Waals surface area contributed by atoms with Crippen LogP contribution in [-0.2, 0) is 28.6 Å². The molecule has 0 unspecified atom stereocenters. The summed E-state index contributed by atoms with van der Waals surface area (Å²) in [5.41, 5.74) is -0.757. The van der Waals surface area contributed by atoms with Crippen LogP contribution in [0.25, 0.3) is 0 Å². The van der Waals surface area contributed by atoms with Crippen LogP contribution in [0, 0.1) is 5.92 Å². The number of carbonyl (C=O) groups excluding carboxylic acids is 4. The maximum absolute atomic E-state index is 12.3. The molecule has 0 bridgehead atoms. The quantitative estimate of drug-likeness (QED) is 0.348. The van der Waals surface area contributed by atoms with Gasteiger partial charge in [-0.05, 0) is 46.4 Å². The molecule has 1 amide bonds. The molecule has 1 atom stereocenters. The Kier molecular flexibility index (Phi) is 10.2. The summed E-state index contributed by atoms with van der Waals surface area (Å²) in [4.78, 5) is 47.5. The van der Waals surface area contributed by atoms with E-state index in [0.29, 0.717) is 11.8 Å². The van der Waals surface area contributed by atoms with Crippen molar-refractivity contribution in [1.82, 2.24) is 5.32 Å². The van der Waals surface area contributed by atoms with Crippen LogP contribution in [0.3, 0.4) is 0 Å². The van der Waals surface area contributed by atoms with Gasteiger partial charge in [-0.25, -0.2) is 9.59 Å². The number of esters is 2. The van der Waals surface area contributed by atoms with E-state index in [4.69, 9.17) is 14.2 Å². The predicted octanol–water partition coefficient (Wildman–Crippen LogP) is 2.55. The first kappa shape index (κ1) is 25.6. The van der Waals surface area contributed by atoms with Gasteiger partial charge in [-0.1, -0.05) is 13.8 Å². The molecule has 27 heavy (non-hydrogen) atoms. The number of hydrogen-bond donors (Lipinski definition) is 2. The van der Waals surface area contributed by atoms with E-state index >= 15 is 0 Å². The average Bonchev–Trinajstić information content (AvgIpc) is 2.47. The van der Waals surface area contributed by atoms with E-state index in [2.05, 4.69) is 17.9 Å². The lowest BCUT2D eigenvalue weighted by atomic mass is 10.1. The van der Waals surface area contributed by atoms with Crippen LogP contribution >= 0.6 is 24.4 Å². The summed E-state index contributed by atoms with van der Waals surface area (Å²) in [6, 6.07) is -1.07. The van der Waals surface area contributed by atoms with Crippen molar-refractivity contribution in [3.63, 3.8) is 0 Å². The summed E-state index contributed by atoms with van der Waals surface area (Å²) >= 11 is 4.82. The van der Waals surface area contributed by atoms with Gasteiger partial charge in [0.15, 0.2) is 0 Å². The first-order valence-electron chi connectivity index (χ1n) is 8.36. The van der Waals surface area contributed by atoms with Gasteiger partial charge in [0.05, 0.1) is 10.7 Å². The van der Waals surface area contributed by atoms with Crippen LogP contribution in [0.4, 0.5) is 4.79 Å². The number of thioether (sulfide) groups is 1. The number of amides is 1. The van der Waals surface area contributed by atoms with Gasteiger partial charge >= 0.3 is 17.2 Å². The Labute approximate surface area is 169 Å². The summed E-state index contributed by atoms with van der Waals surface area (Å²) in [6.07, 6.45) is 0. The third kappa shape index (κ3) is 11.8. The summed E-state index contributed by atoms with van der Waals surface area (Å²) < 4.78 is 13.8. The van der Waals surface area contributed by atoms with Crippen molar-refractivity contribution in [2.45, 2.75) is 64.9 Å². The smallest absolute Gasteiger partial charge is 0.370 e. The summed E-state index contributed by atoms with van der Waals surface area (Å²) in [7, 11) is 0. The molecule has 0 saturated carbocycles. The molecule has 0 aromatic rings. The molecule has 0 heterocycles. The number of rotatable bonds is 8. The zero-order chi connectivity index (χ0) is 21.4. The number of thiol groups is 1. The monoisotopic (exact) mass is 423 g/mol. The van der Waals surface area contributed by atoms with Gasteiger partial charge in [0.2, 0.25) is 12.7 Å². The Hall–Kier alpha value is -1.42. The molecule has 0 radical (unpaired) electrons. The number of nitrogens with one attached hydrogen (secondary N) is 1. The number of carbonyl (C=O) groups is 4. The van der Waals surface area contributed by atoms with E-state index in [0.717, 1.165) is 0 Å². The zero-order valence-electron chi connectivity index (χ0n) is 16.8. The van der Waals surface area contributed by atoms with Gasteiger partial charge in [0, 0.05) is 5.75 Å². The highest BCUT2D eigenvalue weighted by molar-refractivity contribution is 8.13. The molecule has 0 aliphatic rings. The summed E-state index contributed by atoms with van der Waals surface area (Å²) in [6.45, 7) is 11.0. The van der Waals surface area contributed by atoms with Gasteiger partial charge in [-0.2, -0.15) is 12.6 Å². The lowest BCUT2D eigenvalue weighted by molar-refractivity contribution is -0.158. The van der Waals surface area contributed by atoms with Crippen molar-refractivity contribution in [3.8, 4) is 0 Å². The van der Waals surface area contributed by atoms with Crippen LogP contribution < -0.4 is 5.32 Å². The minimum atomic E-state index is -1.07. The molecule has 8 nitrogen and oxygen atoms in total. The summed E-state index contributed by atoms with van der Waals surface area (Å²) in [5.74, 6) is -2.11. The SMILES string of the molecule is CC(C)C(=O)OCOC(=O)SC[C@H](NC(=O)C(C)(C)S)C(=O)OC(C)(C)C. The van der Waals surface area contributed by atoms with E-state index in [9.17, 15) is 19.2 Å². The van der Waals surface area contributed by atoms with Gasteiger partial charge in [-0.15, -0.1) is 0 Å². The number of ether oxygens (including phenoxy) is 3. The molecule has 0 aromatic heterocycles. The minimum absolute atomic E-state index is 0.110. The average molecular weight is 424 g/mol. The lowest BCUT2D eigenvalue weighted by Crippen LogP contribution is -2.50. The van der Waals surface area contributed by atoms with Crippen molar-refractivity contribution in [2.75, 3.05) is 12.5 Å². The molecule has 0 aliphatic heterocycles. The van der Waals surface area contributed by atoms with E-state index in [1.54, 1.807) is 48.5 Å². The van der Waals surface area contributed by atoms with Crippen LogP contribution in [0.2, 0.25) is 0 Å². The molecular formula is C17H29NO7S2. The fraction of sp³-hybridized carbons (Fsp3) is 0.765. The normalized spacial score (nSPS) is 12.9. The Morgan fingerprint density at radius 3 is 2.00 bits per heavy atom. The maximum atomic E-state index is 12.3. The topological polar surface area (TPSA) is 108 Å². The van der Waals surface area contributed by atoms with E-state index in [-0.39, 0.29) is 11.7 Å². The highest BCUT2D eigenvalue weighted by Gasteiger charge is 2.32. The van der Waals surface area contributed by atoms with Crippen molar-refractivity contribution in [2.24, 2.45) is 5.92 Å². The van der Waals surface area contributed by atoms with Gasteiger partial charge in [0.1, 0.15) is 11.6 Å². The number of hydrogen-bond acceptors (Lipinski definition) is 9. The van der Waals surface area contributed by atoms with Gasteiger partial charge in [0.25, 0.3) is 0 Å². The molecule has 0 aliphatic carbocycles. The van der Waals surface area contributed by atoms with Crippen LogP contribution in [0.5, 0.6) is 0 Å².